The zero-order chi connectivity index (χ0) is 21.0. The van der Waals surface area contributed by atoms with E-state index in [9.17, 15) is 4.79 Å². The Morgan fingerprint density at radius 3 is 1.07 bits per heavy atom. The molecule has 0 unspecified atom stereocenters. The van der Waals surface area contributed by atoms with Crippen molar-refractivity contribution < 1.29 is 4.79 Å². The maximum atomic E-state index is 10.0. The van der Waals surface area contributed by atoms with E-state index in [1.807, 2.05) is 0 Å². The van der Waals surface area contributed by atoms with Crippen molar-refractivity contribution in [2.75, 3.05) is 0 Å². The third-order valence-corrected chi connectivity index (χ3v) is 5.29. The molecule has 1 nitrogen and oxygen atoms in total. The first-order valence-corrected chi connectivity index (χ1v) is 12.9. The molecule has 0 aromatic rings. The average molecular weight is 395 g/mol. The van der Waals surface area contributed by atoms with E-state index >= 15 is 0 Å². The summed E-state index contributed by atoms with van der Waals surface area (Å²) < 4.78 is 0. The second kappa shape index (κ2) is 31.1. The minimum absolute atomic E-state index is 0.760. The lowest BCUT2D eigenvalue weighted by atomic mass is 10.1. The standard InChI is InChI=1S/C15H30.C12H24O/c1-3-5-7-9-11-13-15-14-12-10-8-6-4-2;1-2-3-4-5-6-7-8-9-10-11-12-13/h11,13H,3-10,12,14-15H2,1-2H3;12H,2-11H2,1H3/b13-11-;. The smallest absolute Gasteiger partial charge is 0.119 e. The van der Waals surface area contributed by atoms with E-state index in [0.29, 0.717) is 0 Å². The molecule has 0 atom stereocenters. The molecule has 0 N–H and O–H groups in total. The van der Waals surface area contributed by atoms with Gasteiger partial charge in [0.15, 0.2) is 0 Å². The number of carbonyl (C=O) groups is 1. The van der Waals surface area contributed by atoms with Crippen LogP contribution < -0.4 is 0 Å². The Hall–Kier alpha value is -0.590. The van der Waals surface area contributed by atoms with Crippen LogP contribution in [0.25, 0.3) is 0 Å². The summed E-state index contributed by atoms with van der Waals surface area (Å²) in [6.07, 6.45) is 33.7. The Bertz CT molecular complexity index is 282. The van der Waals surface area contributed by atoms with Crippen LogP contribution in [0.2, 0.25) is 0 Å². The Morgan fingerprint density at radius 2 is 0.679 bits per heavy atom. The predicted molar refractivity (Wildman–Crippen MR) is 129 cm³/mol. The van der Waals surface area contributed by atoms with Crippen LogP contribution in [0.4, 0.5) is 0 Å². The lowest BCUT2D eigenvalue weighted by Gasteiger charge is -1.99. The normalized spacial score (nSPS) is 10.8. The zero-order valence-electron chi connectivity index (χ0n) is 20.0. The van der Waals surface area contributed by atoms with Crippen molar-refractivity contribution in [3.05, 3.63) is 12.2 Å². The van der Waals surface area contributed by atoms with Gasteiger partial charge in [-0.3, -0.25) is 0 Å². The molecule has 0 saturated carbocycles. The van der Waals surface area contributed by atoms with E-state index in [2.05, 4.69) is 32.9 Å². The molecule has 1 heteroatoms. The highest BCUT2D eigenvalue weighted by molar-refractivity contribution is 5.48. The number of hydrogen-bond acceptors (Lipinski definition) is 1. The average Bonchev–Trinajstić information content (AvgIpc) is 2.71. The summed E-state index contributed by atoms with van der Waals surface area (Å²) in [4.78, 5) is 10.0. The Labute approximate surface area is 179 Å². The van der Waals surface area contributed by atoms with Crippen molar-refractivity contribution in [1.82, 2.24) is 0 Å². The number of rotatable bonds is 21. The fourth-order valence-electron chi connectivity index (χ4n) is 3.33. The molecule has 0 fully saturated rings. The minimum Gasteiger partial charge on any atom is -0.303 e. The second-order valence-corrected chi connectivity index (χ2v) is 8.31. The summed E-state index contributed by atoms with van der Waals surface area (Å²) >= 11 is 0. The van der Waals surface area contributed by atoms with Gasteiger partial charge in [-0.1, -0.05) is 129 Å². The molecule has 0 amide bonds. The van der Waals surface area contributed by atoms with Gasteiger partial charge in [-0.25, -0.2) is 0 Å². The minimum atomic E-state index is 0.760. The summed E-state index contributed by atoms with van der Waals surface area (Å²) in [5, 5.41) is 0. The SMILES string of the molecule is CCCCC/C=C\CCCCCCCC.CCCCCCCCCCCC=O. The van der Waals surface area contributed by atoms with Crippen LogP contribution in [0.3, 0.4) is 0 Å². The van der Waals surface area contributed by atoms with Crippen LogP contribution in [-0.4, -0.2) is 6.29 Å². The highest BCUT2D eigenvalue weighted by Gasteiger charge is 1.91. The molecular formula is C27H54O. The van der Waals surface area contributed by atoms with E-state index in [1.54, 1.807) is 0 Å². The molecule has 0 bridgehead atoms. The van der Waals surface area contributed by atoms with Crippen LogP contribution in [0.1, 0.15) is 156 Å². The van der Waals surface area contributed by atoms with E-state index in [-0.39, 0.29) is 0 Å². The summed E-state index contributed by atoms with van der Waals surface area (Å²) in [5.41, 5.74) is 0. The lowest BCUT2D eigenvalue weighted by Crippen LogP contribution is -1.81. The molecule has 0 aromatic carbocycles. The third kappa shape index (κ3) is 33.0. The number of unbranched alkanes of at least 4 members (excludes halogenated alkanes) is 18. The van der Waals surface area contributed by atoms with Crippen molar-refractivity contribution in [2.24, 2.45) is 0 Å². The number of hydrogen-bond donors (Lipinski definition) is 0. The second-order valence-electron chi connectivity index (χ2n) is 8.31. The van der Waals surface area contributed by atoms with Gasteiger partial charge < -0.3 is 4.79 Å². The number of aldehydes is 1. The lowest BCUT2D eigenvalue weighted by molar-refractivity contribution is -0.107. The third-order valence-electron chi connectivity index (χ3n) is 5.29. The van der Waals surface area contributed by atoms with Gasteiger partial charge in [-0.15, -0.1) is 0 Å². The highest BCUT2D eigenvalue weighted by atomic mass is 16.1. The van der Waals surface area contributed by atoms with E-state index in [0.717, 1.165) is 19.1 Å². The van der Waals surface area contributed by atoms with Crippen LogP contribution in [-0.2, 0) is 4.79 Å². The molecule has 0 saturated heterocycles. The molecule has 0 spiro atoms. The largest absolute Gasteiger partial charge is 0.303 e. The topological polar surface area (TPSA) is 17.1 Å². The van der Waals surface area contributed by atoms with E-state index in [4.69, 9.17) is 0 Å². The first-order chi connectivity index (χ1) is 13.8. The molecule has 168 valence electrons. The van der Waals surface area contributed by atoms with Crippen molar-refractivity contribution in [1.29, 1.82) is 0 Å². The number of allylic oxidation sites excluding steroid dienone is 2. The zero-order valence-corrected chi connectivity index (χ0v) is 20.0. The van der Waals surface area contributed by atoms with Gasteiger partial charge in [0.25, 0.3) is 0 Å². The van der Waals surface area contributed by atoms with Crippen LogP contribution in [0.15, 0.2) is 12.2 Å². The van der Waals surface area contributed by atoms with E-state index < -0.39 is 0 Å². The van der Waals surface area contributed by atoms with Gasteiger partial charge in [0.1, 0.15) is 6.29 Å². The summed E-state index contributed by atoms with van der Waals surface area (Å²) in [7, 11) is 0. The van der Waals surface area contributed by atoms with Crippen molar-refractivity contribution in [2.45, 2.75) is 156 Å². The maximum absolute atomic E-state index is 10.0. The molecule has 0 aromatic heterocycles. The molecule has 0 heterocycles. The predicted octanol–water partition coefficient (Wildman–Crippen LogP) is 9.98. The molecular weight excluding hydrogens is 340 g/mol. The Morgan fingerprint density at radius 1 is 0.393 bits per heavy atom. The van der Waals surface area contributed by atoms with Gasteiger partial charge in [0.2, 0.25) is 0 Å². The van der Waals surface area contributed by atoms with Gasteiger partial charge in [-0.2, -0.15) is 0 Å². The highest BCUT2D eigenvalue weighted by Crippen LogP contribution is 2.10. The van der Waals surface area contributed by atoms with Crippen molar-refractivity contribution in [3.63, 3.8) is 0 Å². The fourth-order valence-corrected chi connectivity index (χ4v) is 3.33. The number of carbonyl (C=O) groups excluding carboxylic acids is 1. The van der Waals surface area contributed by atoms with Crippen LogP contribution in [0.5, 0.6) is 0 Å². The first-order valence-electron chi connectivity index (χ1n) is 12.9. The molecule has 0 aliphatic carbocycles. The van der Waals surface area contributed by atoms with Crippen molar-refractivity contribution >= 4 is 6.29 Å². The van der Waals surface area contributed by atoms with E-state index in [1.165, 1.54) is 122 Å². The molecule has 0 aliphatic rings. The van der Waals surface area contributed by atoms with Crippen LogP contribution >= 0.6 is 0 Å². The van der Waals surface area contributed by atoms with Crippen molar-refractivity contribution in [3.8, 4) is 0 Å². The maximum Gasteiger partial charge on any atom is 0.119 e. The fraction of sp³-hybridized carbons (Fsp3) is 0.889. The molecule has 28 heavy (non-hydrogen) atoms. The van der Waals surface area contributed by atoms with Gasteiger partial charge >= 0.3 is 0 Å². The molecule has 0 rings (SSSR count). The Balaban J connectivity index is 0. The summed E-state index contributed by atoms with van der Waals surface area (Å²) in [6, 6.07) is 0. The summed E-state index contributed by atoms with van der Waals surface area (Å²) in [6.45, 7) is 6.79. The van der Waals surface area contributed by atoms with Gasteiger partial charge in [-0.05, 0) is 32.1 Å². The van der Waals surface area contributed by atoms with Gasteiger partial charge in [0, 0.05) is 6.42 Å². The quantitative estimate of drug-likeness (QED) is 0.107. The Kier molecular flexibility index (Phi) is 32.9. The van der Waals surface area contributed by atoms with Crippen LogP contribution in [0, 0.1) is 0 Å². The first kappa shape index (κ1) is 29.6. The molecule has 0 aliphatic heterocycles. The summed E-state index contributed by atoms with van der Waals surface area (Å²) in [5.74, 6) is 0. The monoisotopic (exact) mass is 394 g/mol. The molecule has 0 radical (unpaired) electrons. The van der Waals surface area contributed by atoms with Gasteiger partial charge in [0.05, 0.1) is 0 Å².